The Morgan fingerprint density at radius 3 is 2.69 bits per heavy atom. The molecule has 0 unspecified atom stereocenters. The quantitative estimate of drug-likeness (QED) is 0.663. The molecule has 7 heteroatoms. The molecule has 3 rings (SSSR count). The highest BCUT2D eigenvalue weighted by Gasteiger charge is 2.20. The molecule has 26 heavy (non-hydrogen) atoms. The Balaban J connectivity index is 1.67. The zero-order valence-electron chi connectivity index (χ0n) is 14.6. The molecule has 0 aliphatic rings. The normalized spacial score (nSPS) is 12.0. The third-order valence-corrected chi connectivity index (χ3v) is 4.73. The van der Waals surface area contributed by atoms with E-state index in [1.54, 1.807) is 25.1 Å². The number of anilines is 1. The molecule has 0 fully saturated rings. The van der Waals surface area contributed by atoms with Gasteiger partial charge in [0.15, 0.2) is 0 Å². The zero-order chi connectivity index (χ0) is 18.7. The van der Waals surface area contributed by atoms with E-state index in [9.17, 15) is 9.18 Å². The number of benzene rings is 2. The molecule has 0 saturated heterocycles. The second kappa shape index (κ2) is 7.70. The first-order valence-electron chi connectivity index (χ1n) is 8.07. The largest absolute Gasteiger partial charge is 0.411 e. The van der Waals surface area contributed by atoms with E-state index in [0.717, 1.165) is 28.6 Å². The Morgan fingerprint density at radius 2 is 1.96 bits per heavy atom. The standard InChI is InChI=1S/C19H18FN3O2S/c1-11-8-9-16(12(2)10-11)21-17(24)13(3)26-19-23-22-18(25-19)14-6-4-5-7-15(14)20/h4-10,13H,1-3H3,(H,21,24)/t13-/m0/s1. The van der Waals surface area contributed by atoms with Gasteiger partial charge < -0.3 is 9.73 Å². The molecule has 0 bridgehead atoms. The molecule has 2 aromatic carbocycles. The van der Waals surface area contributed by atoms with Crippen LogP contribution in [0.15, 0.2) is 52.1 Å². The third kappa shape index (κ3) is 4.11. The molecular formula is C19H18FN3O2S. The highest BCUT2D eigenvalue weighted by atomic mass is 32.2. The zero-order valence-corrected chi connectivity index (χ0v) is 15.4. The van der Waals surface area contributed by atoms with Crippen LogP contribution in [0.25, 0.3) is 11.5 Å². The van der Waals surface area contributed by atoms with Crippen LogP contribution in [0.5, 0.6) is 0 Å². The number of thioether (sulfide) groups is 1. The van der Waals surface area contributed by atoms with E-state index in [2.05, 4.69) is 15.5 Å². The first-order chi connectivity index (χ1) is 12.4. The number of amides is 1. The minimum atomic E-state index is -0.454. The highest BCUT2D eigenvalue weighted by Crippen LogP contribution is 2.28. The molecule has 0 aliphatic heterocycles. The van der Waals surface area contributed by atoms with Crippen LogP contribution in [-0.2, 0) is 4.79 Å². The fourth-order valence-electron chi connectivity index (χ4n) is 2.39. The second-order valence-electron chi connectivity index (χ2n) is 5.92. The predicted molar refractivity (Wildman–Crippen MR) is 99.6 cm³/mol. The van der Waals surface area contributed by atoms with Crippen molar-refractivity contribution in [2.24, 2.45) is 0 Å². The minimum Gasteiger partial charge on any atom is -0.411 e. The summed E-state index contributed by atoms with van der Waals surface area (Å²) in [6, 6.07) is 12.0. The van der Waals surface area contributed by atoms with Crippen molar-refractivity contribution in [3.8, 4) is 11.5 Å². The molecule has 1 atom stereocenters. The van der Waals surface area contributed by atoms with Crippen LogP contribution in [0.2, 0.25) is 0 Å². The summed E-state index contributed by atoms with van der Waals surface area (Å²) in [5.41, 5.74) is 3.13. The van der Waals surface area contributed by atoms with Gasteiger partial charge in [-0.05, 0) is 44.5 Å². The summed E-state index contributed by atoms with van der Waals surface area (Å²) in [6.07, 6.45) is 0. The summed E-state index contributed by atoms with van der Waals surface area (Å²) in [5.74, 6) is -0.520. The van der Waals surface area contributed by atoms with Gasteiger partial charge in [-0.3, -0.25) is 4.79 Å². The van der Waals surface area contributed by atoms with E-state index < -0.39 is 11.1 Å². The summed E-state index contributed by atoms with van der Waals surface area (Å²) in [6.45, 7) is 5.69. The van der Waals surface area contributed by atoms with Gasteiger partial charge in [0, 0.05) is 5.69 Å². The number of nitrogens with one attached hydrogen (secondary N) is 1. The number of carbonyl (C=O) groups excluding carboxylic acids is 1. The van der Waals surface area contributed by atoms with Gasteiger partial charge in [-0.15, -0.1) is 10.2 Å². The summed E-state index contributed by atoms with van der Waals surface area (Å²) in [5, 5.41) is 10.4. The van der Waals surface area contributed by atoms with Gasteiger partial charge in [-0.2, -0.15) is 0 Å². The number of nitrogens with zero attached hydrogens (tertiary/aromatic N) is 2. The summed E-state index contributed by atoms with van der Waals surface area (Å²) < 4.78 is 19.3. The Labute approximate surface area is 155 Å². The minimum absolute atomic E-state index is 0.0904. The van der Waals surface area contributed by atoms with Crippen molar-refractivity contribution < 1.29 is 13.6 Å². The molecule has 0 spiro atoms. The lowest BCUT2D eigenvalue weighted by molar-refractivity contribution is -0.115. The van der Waals surface area contributed by atoms with Crippen LogP contribution < -0.4 is 5.32 Å². The molecule has 1 amide bonds. The average Bonchev–Trinajstić information content (AvgIpc) is 3.06. The van der Waals surface area contributed by atoms with Crippen molar-refractivity contribution >= 4 is 23.4 Å². The van der Waals surface area contributed by atoms with E-state index in [1.807, 2.05) is 32.0 Å². The lowest BCUT2D eigenvalue weighted by Gasteiger charge is -2.12. The average molecular weight is 371 g/mol. The number of aromatic nitrogens is 2. The third-order valence-electron chi connectivity index (χ3n) is 3.80. The van der Waals surface area contributed by atoms with Crippen molar-refractivity contribution in [2.45, 2.75) is 31.2 Å². The Hall–Kier alpha value is -2.67. The van der Waals surface area contributed by atoms with Gasteiger partial charge in [0.05, 0.1) is 10.8 Å². The van der Waals surface area contributed by atoms with E-state index >= 15 is 0 Å². The lowest BCUT2D eigenvalue weighted by Crippen LogP contribution is -2.22. The smallest absolute Gasteiger partial charge is 0.277 e. The number of rotatable bonds is 5. The number of aryl methyl sites for hydroxylation is 2. The van der Waals surface area contributed by atoms with Gasteiger partial charge >= 0.3 is 0 Å². The molecule has 134 valence electrons. The molecule has 3 aromatic rings. The SMILES string of the molecule is Cc1ccc(NC(=O)[C@H](C)Sc2nnc(-c3ccccc3F)o2)c(C)c1. The lowest BCUT2D eigenvalue weighted by atomic mass is 10.1. The van der Waals surface area contributed by atoms with Crippen LogP contribution >= 0.6 is 11.8 Å². The van der Waals surface area contributed by atoms with Gasteiger partial charge in [0.2, 0.25) is 5.91 Å². The van der Waals surface area contributed by atoms with Gasteiger partial charge in [-0.1, -0.05) is 41.6 Å². The van der Waals surface area contributed by atoms with Crippen LogP contribution in [-0.4, -0.2) is 21.4 Å². The van der Waals surface area contributed by atoms with Crippen LogP contribution in [0.3, 0.4) is 0 Å². The van der Waals surface area contributed by atoms with Gasteiger partial charge in [0.25, 0.3) is 11.1 Å². The van der Waals surface area contributed by atoms with Gasteiger partial charge in [0.1, 0.15) is 5.82 Å². The second-order valence-corrected chi connectivity index (χ2v) is 7.21. The first kappa shape index (κ1) is 18.1. The van der Waals surface area contributed by atoms with Crippen molar-refractivity contribution in [1.29, 1.82) is 0 Å². The number of hydrogen-bond acceptors (Lipinski definition) is 5. The molecule has 0 aliphatic carbocycles. The Kier molecular flexibility index (Phi) is 5.37. The van der Waals surface area contributed by atoms with E-state index in [1.165, 1.54) is 6.07 Å². The number of hydrogen-bond donors (Lipinski definition) is 1. The fourth-order valence-corrected chi connectivity index (χ4v) is 3.08. The molecule has 1 aromatic heterocycles. The van der Waals surface area contributed by atoms with Gasteiger partial charge in [-0.25, -0.2) is 4.39 Å². The summed E-state index contributed by atoms with van der Waals surface area (Å²) in [7, 11) is 0. The summed E-state index contributed by atoms with van der Waals surface area (Å²) >= 11 is 1.13. The van der Waals surface area contributed by atoms with Crippen LogP contribution in [0, 0.1) is 19.7 Å². The molecule has 1 heterocycles. The predicted octanol–water partition coefficient (Wildman–Crippen LogP) is 4.61. The molecular weight excluding hydrogens is 353 g/mol. The number of halogens is 1. The topological polar surface area (TPSA) is 68.0 Å². The number of carbonyl (C=O) groups is 1. The fraction of sp³-hybridized carbons (Fsp3) is 0.211. The molecule has 1 N–H and O–H groups in total. The van der Waals surface area contributed by atoms with Crippen molar-refractivity contribution in [1.82, 2.24) is 10.2 Å². The molecule has 0 radical (unpaired) electrons. The van der Waals surface area contributed by atoms with E-state index in [4.69, 9.17) is 4.42 Å². The summed E-state index contributed by atoms with van der Waals surface area (Å²) in [4.78, 5) is 12.4. The van der Waals surface area contributed by atoms with Crippen molar-refractivity contribution in [3.63, 3.8) is 0 Å². The van der Waals surface area contributed by atoms with Crippen LogP contribution in [0.1, 0.15) is 18.1 Å². The van der Waals surface area contributed by atoms with Crippen molar-refractivity contribution in [2.75, 3.05) is 5.32 Å². The highest BCUT2D eigenvalue weighted by molar-refractivity contribution is 8.00. The monoisotopic (exact) mass is 371 g/mol. The molecule has 0 saturated carbocycles. The van der Waals surface area contributed by atoms with E-state index in [0.29, 0.717) is 0 Å². The van der Waals surface area contributed by atoms with Crippen molar-refractivity contribution in [3.05, 3.63) is 59.4 Å². The van der Waals surface area contributed by atoms with Crippen LogP contribution in [0.4, 0.5) is 10.1 Å². The first-order valence-corrected chi connectivity index (χ1v) is 8.95. The maximum absolute atomic E-state index is 13.8. The Bertz CT molecular complexity index is 942. The maximum Gasteiger partial charge on any atom is 0.277 e. The maximum atomic E-state index is 13.8. The Morgan fingerprint density at radius 1 is 1.19 bits per heavy atom. The molecule has 5 nitrogen and oxygen atoms in total. The van der Waals surface area contributed by atoms with E-state index in [-0.39, 0.29) is 22.6 Å².